The molecule has 0 spiro atoms. The highest BCUT2D eigenvalue weighted by Gasteiger charge is 2.48. The van der Waals surface area contributed by atoms with Crippen LogP contribution in [0.5, 0.6) is 0 Å². The van der Waals surface area contributed by atoms with Crippen molar-refractivity contribution in [3.8, 4) is 11.3 Å². The minimum atomic E-state index is -1.13. The van der Waals surface area contributed by atoms with Crippen LogP contribution in [0.25, 0.3) is 11.3 Å². The molecular weight excluding hydrogens is 462 g/mol. The van der Waals surface area contributed by atoms with Crippen molar-refractivity contribution < 1.29 is 9.59 Å². The van der Waals surface area contributed by atoms with Crippen molar-refractivity contribution in [3.63, 3.8) is 0 Å². The summed E-state index contributed by atoms with van der Waals surface area (Å²) in [5.74, 6) is -0.424. The topological polar surface area (TPSA) is 70.5 Å². The maximum Gasteiger partial charge on any atom is 0.273 e. The van der Waals surface area contributed by atoms with Gasteiger partial charge in [-0.3, -0.25) is 14.3 Å². The smallest absolute Gasteiger partial charge is 0.273 e. The van der Waals surface area contributed by atoms with E-state index in [1.54, 1.807) is 9.58 Å². The largest absolute Gasteiger partial charge is 0.378 e. The number of fused-ring (bicyclic) bond motifs is 1. The number of carbonyl (C=O) groups is 2. The number of hydrogen-bond donors (Lipinski definition) is 1. The fourth-order valence-electron chi connectivity index (χ4n) is 4.69. The van der Waals surface area contributed by atoms with Crippen LogP contribution in [0, 0.1) is 0 Å². The number of nitrogens with one attached hydrogen (secondary N) is 1. The number of rotatable bonds is 7. The molecule has 1 N–H and O–H groups in total. The Morgan fingerprint density at radius 3 is 2.24 bits per heavy atom. The first kappa shape index (κ1) is 24.3. The molecule has 5 rings (SSSR count). The zero-order chi connectivity index (χ0) is 26.0. The number of aromatic nitrogens is 2. The number of hydrogen-bond acceptors (Lipinski definition) is 4. The van der Waals surface area contributed by atoms with Gasteiger partial charge in [0.25, 0.3) is 5.91 Å². The second-order valence-electron chi connectivity index (χ2n) is 9.83. The number of benzene rings is 3. The highest BCUT2D eigenvalue weighted by molar-refractivity contribution is 6.00. The summed E-state index contributed by atoms with van der Waals surface area (Å²) in [5, 5.41) is 7.78. The van der Waals surface area contributed by atoms with Crippen LogP contribution in [0.1, 0.15) is 28.5 Å². The van der Waals surface area contributed by atoms with Crippen molar-refractivity contribution in [1.82, 2.24) is 20.0 Å². The third-order valence-electron chi connectivity index (χ3n) is 6.95. The molecule has 188 valence electrons. The van der Waals surface area contributed by atoms with Crippen molar-refractivity contribution in [3.05, 3.63) is 108 Å². The summed E-state index contributed by atoms with van der Waals surface area (Å²) >= 11 is 0. The fraction of sp³-hybridized carbons (Fsp3) is 0.233. The van der Waals surface area contributed by atoms with Gasteiger partial charge in [0.15, 0.2) is 0 Å². The van der Waals surface area contributed by atoms with Crippen molar-refractivity contribution >= 4 is 17.5 Å². The Morgan fingerprint density at radius 2 is 1.59 bits per heavy atom. The van der Waals surface area contributed by atoms with Gasteiger partial charge >= 0.3 is 0 Å². The van der Waals surface area contributed by atoms with E-state index in [0.717, 1.165) is 22.4 Å². The van der Waals surface area contributed by atoms with Gasteiger partial charge in [-0.2, -0.15) is 5.10 Å². The van der Waals surface area contributed by atoms with E-state index < -0.39 is 5.54 Å². The van der Waals surface area contributed by atoms with Crippen molar-refractivity contribution in [2.24, 2.45) is 0 Å². The third kappa shape index (κ3) is 4.85. The van der Waals surface area contributed by atoms with Gasteiger partial charge in [0, 0.05) is 38.4 Å². The van der Waals surface area contributed by atoms with Gasteiger partial charge in [0.05, 0.1) is 12.2 Å². The zero-order valence-electron chi connectivity index (χ0n) is 21.4. The van der Waals surface area contributed by atoms with Gasteiger partial charge < -0.3 is 15.1 Å². The first-order valence-electron chi connectivity index (χ1n) is 12.4. The molecule has 1 aliphatic heterocycles. The van der Waals surface area contributed by atoms with E-state index in [0.29, 0.717) is 24.5 Å². The lowest BCUT2D eigenvalue weighted by molar-refractivity contribution is -0.133. The number of amides is 2. The second-order valence-corrected chi connectivity index (χ2v) is 9.83. The van der Waals surface area contributed by atoms with Gasteiger partial charge in [0.1, 0.15) is 11.2 Å². The molecule has 0 aliphatic carbocycles. The van der Waals surface area contributed by atoms with E-state index in [1.807, 2.05) is 117 Å². The van der Waals surface area contributed by atoms with Gasteiger partial charge in [-0.05, 0) is 36.2 Å². The number of anilines is 1. The Morgan fingerprint density at radius 1 is 0.946 bits per heavy atom. The van der Waals surface area contributed by atoms with Crippen LogP contribution < -0.4 is 10.2 Å². The molecule has 3 aromatic carbocycles. The zero-order valence-corrected chi connectivity index (χ0v) is 21.4. The summed E-state index contributed by atoms with van der Waals surface area (Å²) in [7, 11) is 3.98. The van der Waals surface area contributed by atoms with Gasteiger partial charge in [0.2, 0.25) is 5.91 Å². The summed E-state index contributed by atoms with van der Waals surface area (Å²) in [5.41, 5.74) is 4.03. The molecule has 0 saturated carbocycles. The number of nitrogens with zero attached hydrogens (tertiary/aromatic N) is 4. The summed E-state index contributed by atoms with van der Waals surface area (Å²) in [6.07, 6.45) is 0. The van der Waals surface area contributed by atoms with E-state index in [9.17, 15) is 9.59 Å². The summed E-state index contributed by atoms with van der Waals surface area (Å²) in [6.45, 7) is 2.78. The minimum Gasteiger partial charge on any atom is -0.378 e. The Balaban J connectivity index is 1.48. The van der Waals surface area contributed by atoms with Gasteiger partial charge in [-0.25, -0.2) is 0 Å². The van der Waals surface area contributed by atoms with Crippen molar-refractivity contribution in [2.45, 2.75) is 32.1 Å². The minimum absolute atomic E-state index is 0.211. The predicted molar refractivity (Wildman–Crippen MR) is 145 cm³/mol. The normalized spacial score (nSPS) is 16.8. The van der Waals surface area contributed by atoms with E-state index in [4.69, 9.17) is 5.10 Å². The van der Waals surface area contributed by atoms with Crippen LogP contribution in [0.3, 0.4) is 0 Å². The lowest BCUT2D eigenvalue weighted by atomic mass is 9.94. The van der Waals surface area contributed by atoms with Crippen LogP contribution in [0.4, 0.5) is 5.69 Å². The molecule has 1 unspecified atom stereocenters. The van der Waals surface area contributed by atoms with Crippen LogP contribution in [0.15, 0.2) is 91.0 Å². The van der Waals surface area contributed by atoms with Crippen molar-refractivity contribution in [2.75, 3.05) is 19.0 Å². The Hall–Kier alpha value is -4.39. The van der Waals surface area contributed by atoms with Crippen LogP contribution in [-0.4, -0.2) is 46.1 Å². The monoisotopic (exact) mass is 493 g/mol. The highest BCUT2D eigenvalue weighted by atomic mass is 16.2. The van der Waals surface area contributed by atoms with E-state index in [2.05, 4.69) is 5.32 Å². The van der Waals surface area contributed by atoms with Crippen LogP contribution in [0.2, 0.25) is 0 Å². The molecule has 7 nitrogen and oxygen atoms in total. The highest BCUT2D eigenvalue weighted by Crippen LogP contribution is 2.31. The van der Waals surface area contributed by atoms with Crippen LogP contribution >= 0.6 is 0 Å². The predicted octanol–water partition coefficient (Wildman–Crippen LogP) is 4.35. The maximum absolute atomic E-state index is 13.9. The lowest BCUT2D eigenvalue weighted by Crippen LogP contribution is -2.63. The lowest BCUT2D eigenvalue weighted by Gasteiger charge is -2.43. The average molecular weight is 494 g/mol. The average Bonchev–Trinajstić information content (AvgIpc) is 3.35. The molecule has 1 aromatic heterocycles. The fourth-order valence-corrected chi connectivity index (χ4v) is 4.69. The Kier molecular flexibility index (Phi) is 6.53. The van der Waals surface area contributed by atoms with E-state index >= 15 is 0 Å². The molecular formula is C30H31N5O2. The third-order valence-corrected chi connectivity index (χ3v) is 6.95. The first-order valence-corrected chi connectivity index (χ1v) is 12.4. The molecule has 0 fully saturated rings. The molecule has 0 bridgehead atoms. The quantitative estimate of drug-likeness (QED) is 0.416. The molecule has 1 atom stereocenters. The summed E-state index contributed by atoms with van der Waals surface area (Å²) in [4.78, 5) is 31.3. The summed E-state index contributed by atoms with van der Waals surface area (Å²) < 4.78 is 1.68. The second kappa shape index (κ2) is 9.93. The molecule has 0 radical (unpaired) electrons. The van der Waals surface area contributed by atoms with E-state index in [1.165, 1.54) is 0 Å². The molecule has 4 aromatic rings. The molecule has 0 saturated heterocycles. The standard InChI is InChI=1S/C30H31N5O2/c1-30(29(37)31-19-22-10-6-4-7-11-22)21-35-27(18-26(32-35)24-12-8-5-9-13-24)28(36)34(30)20-23-14-16-25(17-15-23)33(2)3/h4-18H,19-21H2,1-3H3,(H,31,37). The Labute approximate surface area is 217 Å². The first-order chi connectivity index (χ1) is 17.8. The molecule has 2 heterocycles. The van der Waals surface area contributed by atoms with Gasteiger partial charge in [-0.1, -0.05) is 72.8 Å². The van der Waals surface area contributed by atoms with Crippen molar-refractivity contribution in [1.29, 1.82) is 0 Å². The summed E-state index contributed by atoms with van der Waals surface area (Å²) in [6, 6.07) is 29.4. The SMILES string of the molecule is CN(C)c1ccc(CN2C(=O)c3cc(-c4ccccc4)nn3CC2(C)C(=O)NCc2ccccc2)cc1. The molecule has 2 amide bonds. The number of carbonyl (C=O) groups excluding carboxylic acids is 2. The van der Waals surface area contributed by atoms with Gasteiger partial charge in [-0.15, -0.1) is 0 Å². The van der Waals surface area contributed by atoms with E-state index in [-0.39, 0.29) is 18.4 Å². The maximum atomic E-state index is 13.9. The van der Waals surface area contributed by atoms with Crippen LogP contribution in [-0.2, 0) is 24.4 Å². The molecule has 7 heteroatoms. The molecule has 37 heavy (non-hydrogen) atoms. The molecule has 1 aliphatic rings. The Bertz CT molecular complexity index is 1400.